The highest BCUT2D eigenvalue weighted by molar-refractivity contribution is 5.94. The van der Waals surface area contributed by atoms with Gasteiger partial charge in [-0.25, -0.2) is 0 Å². The Kier molecular flexibility index (Phi) is 4.64. The lowest BCUT2D eigenvalue weighted by atomic mass is 9.53. The summed E-state index contributed by atoms with van der Waals surface area (Å²) in [6.07, 6.45) is 9.23. The third-order valence-electron chi connectivity index (χ3n) is 7.42. The molecule has 1 heterocycles. The van der Waals surface area contributed by atoms with E-state index in [1.165, 1.54) is 38.5 Å². The number of benzene rings is 1. The van der Waals surface area contributed by atoms with E-state index in [0.717, 1.165) is 46.1 Å². The maximum atomic E-state index is 12.7. The summed E-state index contributed by atoms with van der Waals surface area (Å²) in [6, 6.07) is 8.18. The molecule has 0 radical (unpaired) electrons. The number of amides is 1. The number of para-hydroxylation sites is 2. The maximum absolute atomic E-state index is 12.7. The topological polar surface area (TPSA) is 67.2 Å². The van der Waals surface area contributed by atoms with Crippen LogP contribution in [0.3, 0.4) is 0 Å². The normalized spacial score (nSPS) is 29.8. The van der Waals surface area contributed by atoms with Gasteiger partial charge in [-0.05, 0) is 88.7 Å². The minimum absolute atomic E-state index is 0.0322. The number of aromatic nitrogens is 1. The first-order valence-electron chi connectivity index (χ1n) is 11.1. The minimum atomic E-state index is 0.0322. The van der Waals surface area contributed by atoms with Gasteiger partial charge >= 0.3 is 0 Å². The molecule has 0 spiro atoms. The van der Waals surface area contributed by atoms with E-state index in [0.29, 0.717) is 12.8 Å². The average Bonchev–Trinajstić information content (AvgIpc) is 2.98. The molecule has 29 heavy (non-hydrogen) atoms. The zero-order valence-corrected chi connectivity index (χ0v) is 17.5. The molecule has 0 saturated heterocycles. The predicted molar refractivity (Wildman–Crippen MR) is 114 cm³/mol. The molecule has 1 aromatic carbocycles. The third-order valence-corrected chi connectivity index (χ3v) is 7.42. The molecule has 0 unspecified atom stereocenters. The number of rotatable bonds is 6. The Morgan fingerprint density at radius 2 is 1.69 bits per heavy atom. The number of hydrogen-bond donors (Lipinski definition) is 2. The van der Waals surface area contributed by atoms with Gasteiger partial charge in [0, 0.05) is 17.5 Å². The molecule has 4 bridgehead atoms. The van der Waals surface area contributed by atoms with Crippen LogP contribution in [0.5, 0.6) is 0 Å². The molecule has 5 nitrogen and oxygen atoms in total. The Hall–Kier alpha value is -2.30. The second kappa shape index (κ2) is 7.19. The molecule has 2 aromatic rings. The fraction of sp³-hybridized carbons (Fsp3) is 0.583. The van der Waals surface area contributed by atoms with Gasteiger partial charge in [-0.3, -0.25) is 4.79 Å². The van der Waals surface area contributed by atoms with Crippen molar-refractivity contribution in [3.8, 4) is 0 Å². The van der Waals surface area contributed by atoms with Crippen LogP contribution in [0.1, 0.15) is 62.0 Å². The van der Waals surface area contributed by atoms with Crippen molar-refractivity contribution in [2.45, 2.75) is 70.8 Å². The molecule has 0 atom stereocenters. The quantitative estimate of drug-likeness (QED) is 0.704. The summed E-state index contributed by atoms with van der Waals surface area (Å²) in [5.41, 5.74) is 4.11. The van der Waals surface area contributed by atoms with Gasteiger partial charge in [-0.2, -0.15) is 0 Å². The average molecular weight is 394 g/mol. The molecular formula is C24H31N3O2. The zero-order valence-electron chi connectivity index (χ0n) is 17.5. The molecule has 5 heteroatoms. The Morgan fingerprint density at radius 1 is 1.07 bits per heavy atom. The van der Waals surface area contributed by atoms with Gasteiger partial charge in [0.2, 0.25) is 5.91 Å². The first-order chi connectivity index (χ1) is 14.0. The zero-order chi connectivity index (χ0) is 20.0. The summed E-state index contributed by atoms with van der Waals surface area (Å²) in [7, 11) is 0. The van der Waals surface area contributed by atoms with Gasteiger partial charge in [0.1, 0.15) is 5.76 Å². The molecule has 4 saturated carbocycles. The van der Waals surface area contributed by atoms with E-state index in [2.05, 4.69) is 27.9 Å². The lowest BCUT2D eigenvalue weighted by molar-refractivity contribution is -0.116. The van der Waals surface area contributed by atoms with Crippen molar-refractivity contribution >= 4 is 17.3 Å². The summed E-state index contributed by atoms with van der Waals surface area (Å²) in [4.78, 5) is 12.7. The number of carbonyl (C=O) groups is 1. The second-order valence-electron chi connectivity index (χ2n) is 9.72. The van der Waals surface area contributed by atoms with Crippen LogP contribution in [0, 0.1) is 31.6 Å². The summed E-state index contributed by atoms with van der Waals surface area (Å²) in [5.74, 6) is 3.52. The van der Waals surface area contributed by atoms with Crippen molar-refractivity contribution in [3.05, 3.63) is 41.3 Å². The summed E-state index contributed by atoms with van der Waals surface area (Å²) < 4.78 is 5.21. The molecule has 4 aliphatic rings. The van der Waals surface area contributed by atoms with Crippen LogP contribution in [0.25, 0.3) is 0 Å². The van der Waals surface area contributed by atoms with E-state index in [9.17, 15) is 4.79 Å². The Labute approximate surface area is 172 Å². The Bertz CT molecular complexity index is 862. The fourth-order valence-corrected chi connectivity index (χ4v) is 6.56. The van der Waals surface area contributed by atoms with E-state index in [1.807, 2.05) is 26.0 Å². The van der Waals surface area contributed by atoms with E-state index in [4.69, 9.17) is 4.52 Å². The Morgan fingerprint density at radius 3 is 2.28 bits per heavy atom. The maximum Gasteiger partial charge on any atom is 0.224 e. The van der Waals surface area contributed by atoms with Crippen LogP contribution in [-0.4, -0.2) is 16.6 Å². The van der Waals surface area contributed by atoms with Gasteiger partial charge in [0.25, 0.3) is 0 Å². The number of anilines is 2. The van der Waals surface area contributed by atoms with E-state index in [-0.39, 0.29) is 11.4 Å². The van der Waals surface area contributed by atoms with Gasteiger partial charge in [-0.1, -0.05) is 17.3 Å². The molecule has 2 N–H and O–H groups in total. The minimum Gasteiger partial charge on any atom is -0.378 e. The highest BCUT2D eigenvalue weighted by Crippen LogP contribution is 2.56. The highest BCUT2D eigenvalue weighted by Gasteiger charge is 2.51. The van der Waals surface area contributed by atoms with E-state index < -0.39 is 0 Å². The van der Waals surface area contributed by atoms with Crippen LogP contribution in [0.2, 0.25) is 0 Å². The molecule has 154 valence electrons. The number of aryl methyl sites for hydroxylation is 2. The first-order valence-corrected chi connectivity index (χ1v) is 11.1. The SMILES string of the molecule is Cc1noc(C)c1CCC(=O)Nc1ccccc1NC12CC3CC(CC(C3)C1)C2. The smallest absolute Gasteiger partial charge is 0.224 e. The van der Waals surface area contributed by atoms with Crippen molar-refractivity contribution in [2.75, 3.05) is 10.6 Å². The predicted octanol–water partition coefficient (Wildman–Crippen LogP) is 5.24. The van der Waals surface area contributed by atoms with Crippen molar-refractivity contribution < 1.29 is 9.32 Å². The largest absolute Gasteiger partial charge is 0.378 e. The van der Waals surface area contributed by atoms with Crippen molar-refractivity contribution in [1.29, 1.82) is 0 Å². The molecule has 6 rings (SSSR count). The molecule has 0 aliphatic heterocycles. The van der Waals surface area contributed by atoms with Crippen LogP contribution < -0.4 is 10.6 Å². The van der Waals surface area contributed by atoms with Crippen molar-refractivity contribution in [3.63, 3.8) is 0 Å². The first kappa shape index (κ1) is 18.7. The molecule has 1 amide bonds. The number of nitrogens with zero attached hydrogens (tertiary/aromatic N) is 1. The van der Waals surface area contributed by atoms with Crippen LogP contribution in [0.15, 0.2) is 28.8 Å². The molecule has 4 fully saturated rings. The van der Waals surface area contributed by atoms with E-state index >= 15 is 0 Å². The van der Waals surface area contributed by atoms with Gasteiger partial charge in [0.15, 0.2) is 0 Å². The Balaban J connectivity index is 1.27. The summed E-state index contributed by atoms with van der Waals surface area (Å²) in [6.45, 7) is 3.83. The van der Waals surface area contributed by atoms with E-state index in [1.54, 1.807) is 0 Å². The van der Waals surface area contributed by atoms with Crippen LogP contribution in [-0.2, 0) is 11.2 Å². The standard InChI is InChI=1S/C24H31N3O2/c1-15-20(16(2)29-27-15)7-8-23(28)25-21-5-3-4-6-22(21)26-24-12-17-9-18(13-24)11-19(10-17)14-24/h3-6,17-19,26H,7-14H2,1-2H3,(H,25,28). The number of carbonyl (C=O) groups excluding carboxylic acids is 1. The molecular weight excluding hydrogens is 362 g/mol. The van der Waals surface area contributed by atoms with Gasteiger partial charge in [0.05, 0.1) is 17.1 Å². The fourth-order valence-electron chi connectivity index (χ4n) is 6.56. The number of nitrogens with one attached hydrogen (secondary N) is 2. The lowest BCUT2D eigenvalue weighted by Gasteiger charge is -2.57. The van der Waals surface area contributed by atoms with Crippen LogP contribution in [0.4, 0.5) is 11.4 Å². The monoisotopic (exact) mass is 393 g/mol. The molecule has 1 aromatic heterocycles. The lowest BCUT2D eigenvalue weighted by Crippen LogP contribution is -2.54. The van der Waals surface area contributed by atoms with Gasteiger partial charge in [-0.15, -0.1) is 0 Å². The highest BCUT2D eigenvalue weighted by atomic mass is 16.5. The van der Waals surface area contributed by atoms with Crippen molar-refractivity contribution in [2.24, 2.45) is 17.8 Å². The third kappa shape index (κ3) is 3.67. The summed E-state index contributed by atoms with van der Waals surface area (Å²) in [5, 5.41) is 11.0. The summed E-state index contributed by atoms with van der Waals surface area (Å²) >= 11 is 0. The number of hydrogen-bond acceptors (Lipinski definition) is 4. The van der Waals surface area contributed by atoms with Crippen LogP contribution >= 0.6 is 0 Å². The second-order valence-corrected chi connectivity index (χ2v) is 9.72. The molecule has 4 aliphatic carbocycles. The van der Waals surface area contributed by atoms with Gasteiger partial charge < -0.3 is 15.2 Å². The van der Waals surface area contributed by atoms with Crippen molar-refractivity contribution in [1.82, 2.24) is 5.16 Å².